The fourth-order valence-electron chi connectivity index (χ4n) is 2.72. The van der Waals surface area contributed by atoms with Crippen molar-refractivity contribution in [3.8, 4) is 5.75 Å². The summed E-state index contributed by atoms with van der Waals surface area (Å²) in [7, 11) is 1.78. The first-order valence-corrected chi connectivity index (χ1v) is 7.74. The van der Waals surface area contributed by atoms with Crippen molar-refractivity contribution in [2.75, 3.05) is 19.7 Å². The molecule has 1 aromatic heterocycles. The van der Waals surface area contributed by atoms with Gasteiger partial charge in [-0.1, -0.05) is 18.2 Å². The van der Waals surface area contributed by atoms with Crippen LogP contribution >= 0.6 is 0 Å². The number of ether oxygens (including phenoxy) is 1. The second-order valence-corrected chi connectivity index (χ2v) is 6.02. The minimum atomic E-state index is -0.887. The SMILES string of the molecule is Cn1cc(C(=O)N2CCC(O)(COc3ccccc3)CC2)cn1. The fourth-order valence-corrected chi connectivity index (χ4v) is 2.72. The van der Waals surface area contributed by atoms with Crippen molar-refractivity contribution in [2.45, 2.75) is 18.4 Å². The Kier molecular flexibility index (Phi) is 4.34. The number of amides is 1. The van der Waals surface area contributed by atoms with E-state index in [1.807, 2.05) is 30.3 Å². The van der Waals surface area contributed by atoms with Crippen LogP contribution in [0, 0.1) is 0 Å². The Hall–Kier alpha value is -2.34. The van der Waals surface area contributed by atoms with Crippen LogP contribution in [0.5, 0.6) is 5.75 Å². The normalized spacial score (nSPS) is 17.0. The number of aliphatic hydroxyl groups is 1. The van der Waals surface area contributed by atoms with E-state index < -0.39 is 5.60 Å². The molecule has 1 aliphatic heterocycles. The van der Waals surface area contributed by atoms with Gasteiger partial charge in [0, 0.05) is 26.3 Å². The molecule has 0 spiro atoms. The van der Waals surface area contributed by atoms with Gasteiger partial charge in [-0.3, -0.25) is 9.48 Å². The maximum atomic E-state index is 12.4. The van der Waals surface area contributed by atoms with Gasteiger partial charge in [0.2, 0.25) is 0 Å². The molecule has 23 heavy (non-hydrogen) atoms. The highest BCUT2D eigenvalue weighted by Gasteiger charge is 2.35. The number of rotatable bonds is 4. The van der Waals surface area contributed by atoms with Crippen LogP contribution in [0.4, 0.5) is 0 Å². The van der Waals surface area contributed by atoms with Crippen molar-refractivity contribution in [2.24, 2.45) is 7.05 Å². The van der Waals surface area contributed by atoms with E-state index in [4.69, 9.17) is 4.74 Å². The third-order valence-corrected chi connectivity index (χ3v) is 4.18. The minimum Gasteiger partial charge on any atom is -0.491 e. The van der Waals surface area contributed by atoms with E-state index in [1.54, 1.807) is 29.0 Å². The molecule has 1 aromatic carbocycles. The molecule has 1 fully saturated rings. The lowest BCUT2D eigenvalue weighted by Gasteiger charge is -2.37. The van der Waals surface area contributed by atoms with Gasteiger partial charge < -0.3 is 14.7 Å². The van der Waals surface area contributed by atoms with Gasteiger partial charge in [0.25, 0.3) is 5.91 Å². The van der Waals surface area contributed by atoms with Crippen molar-refractivity contribution in [1.82, 2.24) is 14.7 Å². The number of carbonyl (C=O) groups excluding carboxylic acids is 1. The average molecular weight is 315 g/mol. The summed E-state index contributed by atoms with van der Waals surface area (Å²) in [5.41, 5.74) is -0.305. The van der Waals surface area contributed by atoms with Gasteiger partial charge in [0.1, 0.15) is 18.0 Å². The fraction of sp³-hybridized carbons (Fsp3) is 0.412. The average Bonchev–Trinajstić information content (AvgIpc) is 3.01. The number of nitrogens with zero attached hydrogens (tertiary/aromatic N) is 3. The van der Waals surface area contributed by atoms with E-state index in [1.165, 1.54) is 0 Å². The van der Waals surface area contributed by atoms with Crippen molar-refractivity contribution >= 4 is 5.91 Å². The van der Waals surface area contributed by atoms with Gasteiger partial charge in [-0.25, -0.2) is 0 Å². The number of carbonyl (C=O) groups is 1. The van der Waals surface area contributed by atoms with Gasteiger partial charge in [-0.2, -0.15) is 5.10 Å². The Bertz CT molecular complexity index is 661. The molecule has 0 aliphatic carbocycles. The van der Waals surface area contributed by atoms with E-state index >= 15 is 0 Å². The van der Waals surface area contributed by atoms with E-state index in [-0.39, 0.29) is 12.5 Å². The molecule has 0 unspecified atom stereocenters. The molecule has 1 saturated heterocycles. The molecule has 0 radical (unpaired) electrons. The lowest BCUT2D eigenvalue weighted by molar-refractivity contribution is -0.0475. The van der Waals surface area contributed by atoms with Gasteiger partial charge in [-0.05, 0) is 25.0 Å². The maximum absolute atomic E-state index is 12.4. The number of hydrogen-bond acceptors (Lipinski definition) is 4. The number of aromatic nitrogens is 2. The quantitative estimate of drug-likeness (QED) is 0.928. The monoisotopic (exact) mass is 315 g/mol. The summed E-state index contributed by atoms with van der Waals surface area (Å²) in [5, 5.41) is 14.7. The van der Waals surface area contributed by atoms with Gasteiger partial charge >= 0.3 is 0 Å². The van der Waals surface area contributed by atoms with Crippen LogP contribution in [0.25, 0.3) is 0 Å². The Labute approximate surface area is 135 Å². The predicted molar refractivity (Wildman–Crippen MR) is 85.2 cm³/mol. The highest BCUT2D eigenvalue weighted by molar-refractivity contribution is 5.93. The second kappa shape index (κ2) is 6.42. The van der Waals surface area contributed by atoms with E-state index in [0.717, 1.165) is 5.75 Å². The van der Waals surface area contributed by atoms with Gasteiger partial charge in [-0.15, -0.1) is 0 Å². The molecule has 1 aliphatic rings. The summed E-state index contributed by atoms with van der Waals surface area (Å²) < 4.78 is 7.28. The highest BCUT2D eigenvalue weighted by atomic mass is 16.5. The Morgan fingerprint density at radius 3 is 2.61 bits per heavy atom. The van der Waals surface area contributed by atoms with Crippen LogP contribution in [0.2, 0.25) is 0 Å². The lowest BCUT2D eigenvalue weighted by atomic mass is 9.92. The third-order valence-electron chi connectivity index (χ3n) is 4.18. The van der Waals surface area contributed by atoms with Crippen LogP contribution in [0.3, 0.4) is 0 Å². The van der Waals surface area contributed by atoms with Crippen LogP contribution in [0.15, 0.2) is 42.7 Å². The number of aryl methyl sites for hydroxylation is 1. The molecule has 2 heterocycles. The molecule has 1 amide bonds. The van der Waals surface area contributed by atoms with Crippen LogP contribution in [-0.4, -0.2) is 51.0 Å². The molecule has 0 bridgehead atoms. The molecule has 122 valence electrons. The summed E-state index contributed by atoms with van der Waals surface area (Å²) in [6, 6.07) is 9.45. The van der Waals surface area contributed by atoms with Crippen LogP contribution in [0.1, 0.15) is 23.2 Å². The smallest absolute Gasteiger partial charge is 0.257 e. The first-order chi connectivity index (χ1) is 11.1. The molecule has 6 heteroatoms. The summed E-state index contributed by atoms with van der Waals surface area (Å²) in [6.07, 6.45) is 4.29. The molecule has 0 saturated carbocycles. The molecular formula is C17H21N3O3. The van der Waals surface area contributed by atoms with Crippen molar-refractivity contribution in [3.05, 3.63) is 48.3 Å². The number of hydrogen-bond donors (Lipinski definition) is 1. The number of piperidine rings is 1. The largest absolute Gasteiger partial charge is 0.491 e. The van der Waals surface area contributed by atoms with E-state index in [0.29, 0.717) is 31.5 Å². The maximum Gasteiger partial charge on any atom is 0.257 e. The molecule has 2 aromatic rings. The molecule has 6 nitrogen and oxygen atoms in total. The summed E-state index contributed by atoms with van der Waals surface area (Å²) in [6.45, 7) is 1.27. The number of para-hydroxylation sites is 1. The zero-order chi connectivity index (χ0) is 16.3. The van der Waals surface area contributed by atoms with Gasteiger partial charge in [0.15, 0.2) is 0 Å². The first kappa shape index (κ1) is 15.6. The van der Waals surface area contributed by atoms with Crippen molar-refractivity contribution in [1.29, 1.82) is 0 Å². The third kappa shape index (κ3) is 3.71. The summed E-state index contributed by atoms with van der Waals surface area (Å²) in [4.78, 5) is 14.1. The van der Waals surface area contributed by atoms with Crippen molar-refractivity contribution in [3.63, 3.8) is 0 Å². The topological polar surface area (TPSA) is 67.6 Å². The predicted octanol–water partition coefficient (Wildman–Crippen LogP) is 1.47. The highest BCUT2D eigenvalue weighted by Crippen LogP contribution is 2.24. The minimum absolute atomic E-state index is 0.0378. The van der Waals surface area contributed by atoms with Crippen LogP contribution in [-0.2, 0) is 7.05 Å². The summed E-state index contributed by atoms with van der Waals surface area (Å²) >= 11 is 0. The molecule has 3 rings (SSSR count). The molecular weight excluding hydrogens is 294 g/mol. The van der Waals surface area contributed by atoms with Crippen molar-refractivity contribution < 1.29 is 14.6 Å². The van der Waals surface area contributed by atoms with Gasteiger partial charge in [0.05, 0.1) is 11.8 Å². The Morgan fingerprint density at radius 1 is 1.30 bits per heavy atom. The Balaban J connectivity index is 1.54. The number of likely N-dealkylation sites (tertiary alicyclic amines) is 1. The first-order valence-electron chi connectivity index (χ1n) is 7.74. The standard InChI is InChI=1S/C17H21N3O3/c1-19-12-14(11-18-19)16(21)20-9-7-17(22,8-10-20)13-23-15-5-3-2-4-6-15/h2-6,11-12,22H,7-10,13H2,1H3. The molecule has 0 atom stereocenters. The zero-order valence-electron chi connectivity index (χ0n) is 13.2. The Morgan fingerprint density at radius 2 is 2.00 bits per heavy atom. The second-order valence-electron chi connectivity index (χ2n) is 6.02. The lowest BCUT2D eigenvalue weighted by Crippen LogP contribution is -2.49. The van der Waals surface area contributed by atoms with E-state index in [2.05, 4.69) is 5.10 Å². The summed E-state index contributed by atoms with van der Waals surface area (Å²) in [5.74, 6) is 0.707. The van der Waals surface area contributed by atoms with Crippen LogP contribution < -0.4 is 4.74 Å². The number of benzene rings is 1. The van der Waals surface area contributed by atoms with E-state index in [9.17, 15) is 9.90 Å². The molecule has 1 N–H and O–H groups in total. The zero-order valence-corrected chi connectivity index (χ0v) is 13.2.